The van der Waals surface area contributed by atoms with Crippen LogP contribution in [0.4, 0.5) is 14.5 Å². The van der Waals surface area contributed by atoms with Gasteiger partial charge in [-0.3, -0.25) is 4.79 Å². The summed E-state index contributed by atoms with van der Waals surface area (Å²) in [5, 5.41) is 3.11. The van der Waals surface area contributed by atoms with Gasteiger partial charge in [-0.2, -0.15) is 0 Å². The average molecular weight is 385 g/mol. The first-order chi connectivity index (χ1) is 13.0. The van der Waals surface area contributed by atoms with E-state index in [9.17, 15) is 13.6 Å². The molecule has 4 rings (SSSR count). The van der Waals surface area contributed by atoms with Crippen LogP contribution >= 0.6 is 11.6 Å². The zero-order chi connectivity index (χ0) is 19.0. The van der Waals surface area contributed by atoms with Gasteiger partial charge in [0.2, 0.25) is 5.89 Å². The third-order valence-corrected chi connectivity index (χ3v) is 4.15. The summed E-state index contributed by atoms with van der Waals surface area (Å²) in [4.78, 5) is 16.5. The lowest BCUT2D eigenvalue weighted by molar-refractivity contribution is 0.102. The summed E-state index contributed by atoms with van der Waals surface area (Å²) in [5.74, 6) is -1.92. The fourth-order valence-corrected chi connectivity index (χ4v) is 2.75. The fourth-order valence-electron chi connectivity index (χ4n) is 2.59. The number of benzene rings is 3. The van der Waals surface area contributed by atoms with Gasteiger partial charge in [-0.25, -0.2) is 13.8 Å². The number of hydrogen-bond donors (Lipinski definition) is 1. The van der Waals surface area contributed by atoms with Crippen molar-refractivity contribution in [3.05, 3.63) is 82.9 Å². The Kier molecular flexibility index (Phi) is 4.33. The first kappa shape index (κ1) is 17.2. The first-order valence-electron chi connectivity index (χ1n) is 7.92. The molecule has 3 aromatic carbocycles. The molecule has 0 aliphatic heterocycles. The lowest BCUT2D eigenvalue weighted by atomic mass is 10.1. The minimum absolute atomic E-state index is 0.240. The van der Waals surface area contributed by atoms with Gasteiger partial charge in [0.25, 0.3) is 5.91 Å². The Hall–Kier alpha value is -3.25. The quantitative estimate of drug-likeness (QED) is 0.494. The molecule has 1 N–H and O–H groups in total. The van der Waals surface area contributed by atoms with Crippen molar-refractivity contribution >= 4 is 34.3 Å². The van der Waals surface area contributed by atoms with Crippen LogP contribution in [0.25, 0.3) is 22.6 Å². The smallest absolute Gasteiger partial charge is 0.258 e. The molecule has 134 valence electrons. The van der Waals surface area contributed by atoms with Gasteiger partial charge >= 0.3 is 0 Å². The average Bonchev–Trinajstić information content (AvgIpc) is 3.05. The van der Waals surface area contributed by atoms with E-state index in [0.29, 0.717) is 39.3 Å². The molecular weight excluding hydrogens is 374 g/mol. The van der Waals surface area contributed by atoms with E-state index in [1.807, 2.05) is 0 Å². The van der Waals surface area contributed by atoms with Crippen LogP contribution in [0, 0.1) is 11.6 Å². The normalized spacial score (nSPS) is 10.9. The molecular formula is C20H11ClF2N2O2. The van der Waals surface area contributed by atoms with Crippen molar-refractivity contribution in [2.75, 3.05) is 5.32 Å². The van der Waals surface area contributed by atoms with Gasteiger partial charge in [0.1, 0.15) is 17.2 Å². The molecule has 0 unspecified atom stereocenters. The number of nitrogens with one attached hydrogen (secondary N) is 1. The van der Waals surface area contributed by atoms with E-state index in [4.69, 9.17) is 16.0 Å². The van der Waals surface area contributed by atoms with Crippen LogP contribution in [-0.2, 0) is 0 Å². The number of hydrogen-bond acceptors (Lipinski definition) is 3. The molecule has 1 heterocycles. The molecule has 7 heteroatoms. The fraction of sp³-hybridized carbons (Fsp3) is 0. The Morgan fingerprint density at radius 3 is 2.52 bits per heavy atom. The second kappa shape index (κ2) is 6.81. The molecule has 0 aliphatic rings. The number of rotatable bonds is 3. The van der Waals surface area contributed by atoms with E-state index in [-0.39, 0.29) is 5.56 Å². The highest BCUT2D eigenvalue weighted by Crippen LogP contribution is 2.27. The summed E-state index contributed by atoms with van der Waals surface area (Å²) in [6.45, 7) is 0. The van der Waals surface area contributed by atoms with Crippen molar-refractivity contribution < 1.29 is 18.0 Å². The second-order valence-electron chi connectivity index (χ2n) is 5.79. The van der Waals surface area contributed by atoms with Gasteiger partial charge in [-0.1, -0.05) is 11.6 Å². The van der Waals surface area contributed by atoms with Crippen LogP contribution in [0.3, 0.4) is 0 Å². The predicted octanol–water partition coefficient (Wildman–Crippen LogP) is 5.68. The minimum atomic E-state index is -0.922. The number of carbonyl (C=O) groups is 1. The molecule has 0 radical (unpaired) electrons. The largest absolute Gasteiger partial charge is 0.436 e. The van der Waals surface area contributed by atoms with E-state index in [2.05, 4.69) is 10.3 Å². The monoisotopic (exact) mass is 384 g/mol. The summed E-state index contributed by atoms with van der Waals surface area (Å²) in [5.41, 5.74) is 2.16. The highest BCUT2D eigenvalue weighted by molar-refractivity contribution is 6.31. The summed E-state index contributed by atoms with van der Waals surface area (Å²) >= 11 is 5.94. The maximum Gasteiger partial charge on any atom is 0.258 e. The second-order valence-corrected chi connectivity index (χ2v) is 6.22. The zero-order valence-electron chi connectivity index (χ0n) is 13.7. The van der Waals surface area contributed by atoms with Crippen LogP contribution < -0.4 is 5.32 Å². The van der Waals surface area contributed by atoms with Gasteiger partial charge in [0, 0.05) is 28.4 Å². The maximum absolute atomic E-state index is 13.7. The molecule has 4 nitrogen and oxygen atoms in total. The van der Waals surface area contributed by atoms with E-state index < -0.39 is 17.5 Å². The number of carbonyl (C=O) groups excluding carboxylic acids is 1. The summed E-state index contributed by atoms with van der Waals surface area (Å²) in [6, 6.07) is 14.6. The molecule has 4 aromatic rings. The number of aromatic nitrogens is 1. The standard InChI is InChI=1S/C20H11ClF2N2O2/c21-12-3-8-17-18(9-12)27-20(25-17)11-1-5-14(6-2-11)24-19(26)15-7-4-13(22)10-16(15)23/h1-10H,(H,24,26). The summed E-state index contributed by atoms with van der Waals surface area (Å²) in [7, 11) is 0. The van der Waals surface area contributed by atoms with Crippen molar-refractivity contribution in [1.29, 1.82) is 0 Å². The minimum Gasteiger partial charge on any atom is -0.436 e. The molecule has 0 spiro atoms. The lowest BCUT2D eigenvalue weighted by Crippen LogP contribution is -2.13. The third-order valence-electron chi connectivity index (χ3n) is 3.92. The van der Waals surface area contributed by atoms with Crippen LogP contribution in [0.1, 0.15) is 10.4 Å². The van der Waals surface area contributed by atoms with Crippen molar-refractivity contribution in [2.45, 2.75) is 0 Å². The van der Waals surface area contributed by atoms with Crippen LogP contribution in [0.15, 0.2) is 65.1 Å². The van der Waals surface area contributed by atoms with Crippen LogP contribution in [0.2, 0.25) is 5.02 Å². The Bertz CT molecular complexity index is 1160. The molecule has 1 amide bonds. The molecule has 27 heavy (non-hydrogen) atoms. The van der Waals surface area contributed by atoms with Crippen LogP contribution in [-0.4, -0.2) is 10.9 Å². The summed E-state index contributed by atoms with van der Waals surface area (Å²) in [6.07, 6.45) is 0. The SMILES string of the molecule is O=C(Nc1ccc(-c2nc3ccc(Cl)cc3o2)cc1)c1ccc(F)cc1F. The zero-order valence-corrected chi connectivity index (χ0v) is 14.4. The Balaban J connectivity index is 1.55. The number of halogens is 3. The maximum atomic E-state index is 13.7. The van der Waals surface area contributed by atoms with Gasteiger partial charge in [0.15, 0.2) is 5.58 Å². The van der Waals surface area contributed by atoms with Crippen molar-refractivity contribution in [3.8, 4) is 11.5 Å². The molecule has 0 saturated heterocycles. The molecule has 0 aliphatic carbocycles. The molecule has 1 aromatic heterocycles. The van der Waals surface area contributed by atoms with Crippen molar-refractivity contribution in [3.63, 3.8) is 0 Å². The number of fused-ring (bicyclic) bond motifs is 1. The summed E-state index contributed by atoms with van der Waals surface area (Å²) < 4.78 is 32.3. The highest BCUT2D eigenvalue weighted by atomic mass is 35.5. The highest BCUT2D eigenvalue weighted by Gasteiger charge is 2.13. The van der Waals surface area contributed by atoms with Crippen molar-refractivity contribution in [1.82, 2.24) is 4.98 Å². The third kappa shape index (κ3) is 3.52. The van der Waals surface area contributed by atoms with E-state index >= 15 is 0 Å². The number of amides is 1. The van der Waals surface area contributed by atoms with Gasteiger partial charge in [0.05, 0.1) is 5.56 Å². The Labute approximate surface area is 157 Å². The first-order valence-corrected chi connectivity index (χ1v) is 8.30. The molecule has 0 saturated carbocycles. The van der Waals surface area contributed by atoms with Gasteiger partial charge in [-0.15, -0.1) is 0 Å². The molecule has 0 bridgehead atoms. The van der Waals surface area contributed by atoms with E-state index in [0.717, 1.165) is 12.1 Å². The van der Waals surface area contributed by atoms with Crippen molar-refractivity contribution in [2.24, 2.45) is 0 Å². The van der Waals surface area contributed by atoms with E-state index in [1.54, 1.807) is 42.5 Å². The Morgan fingerprint density at radius 2 is 1.78 bits per heavy atom. The number of oxazole rings is 1. The predicted molar refractivity (Wildman–Crippen MR) is 98.8 cm³/mol. The van der Waals surface area contributed by atoms with Crippen LogP contribution in [0.5, 0.6) is 0 Å². The van der Waals surface area contributed by atoms with Gasteiger partial charge < -0.3 is 9.73 Å². The number of nitrogens with zero attached hydrogens (tertiary/aromatic N) is 1. The molecule has 0 atom stereocenters. The molecule has 0 fully saturated rings. The lowest BCUT2D eigenvalue weighted by Gasteiger charge is -2.06. The van der Waals surface area contributed by atoms with E-state index in [1.165, 1.54) is 0 Å². The Morgan fingerprint density at radius 1 is 1.00 bits per heavy atom. The number of anilines is 1. The topological polar surface area (TPSA) is 55.1 Å². The van der Waals surface area contributed by atoms with Gasteiger partial charge in [-0.05, 0) is 48.5 Å².